The molecule has 0 fully saturated rings. The van der Waals surface area contributed by atoms with Gasteiger partial charge >= 0.3 is 18.1 Å². The topological polar surface area (TPSA) is 99.5 Å². The van der Waals surface area contributed by atoms with Crippen LogP contribution in [0.15, 0.2) is 0 Å². The second-order valence-corrected chi connectivity index (χ2v) is 7.19. The molecule has 8 nitrogen and oxygen atoms in total. The summed E-state index contributed by atoms with van der Waals surface area (Å²) < 4.78 is 49.6. The van der Waals surface area contributed by atoms with Gasteiger partial charge in [0.25, 0.3) is 5.91 Å². The van der Waals surface area contributed by atoms with Crippen molar-refractivity contribution >= 4 is 45.8 Å². The number of ether oxygens (including phenoxy) is 2. The lowest BCUT2D eigenvalue weighted by Gasteiger charge is -2.07. The molecule has 1 amide bonds. The SMILES string of the molecule is CCOC(=O)c1sc(NC(=O)c2c(Cl)c(C(F)(F)F)nn2C)c(C(=O)OCC)c1C. The van der Waals surface area contributed by atoms with E-state index < -0.39 is 40.4 Å². The first kappa shape index (κ1) is 23.7. The van der Waals surface area contributed by atoms with Crippen molar-refractivity contribution in [2.24, 2.45) is 7.05 Å². The van der Waals surface area contributed by atoms with Crippen LogP contribution in [-0.2, 0) is 22.7 Å². The molecule has 0 saturated heterocycles. The molecule has 0 aliphatic rings. The summed E-state index contributed by atoms with van der Waals surface area (Å²) in [5.41, 5.74) is -1.88. The van der Waals surface area contributed by atoms with E-state index in [1.54, 1.807) is 13.8 Å². The maximum Gasteiger partial charge on any atom is 0.436 e. The number of aromatic nitrogens is 2. The highest BCUT2D eigenvalue weighted by Gasteiger charge is 2.40. The van der Waals surface area contributed by atoms with Crippen LogP contribution in [0.25, 0.3) is 0 Å². The van der Waals surface area contributed by atoms with Crippen molar-refractivity contribution in [2.45, 2.75) is 26.9 Å². The minimum Gasteiger partial charge on any atom is -0.462 e. The number of nitrogens with one attached hydrogen (secondary N) is 1. The molecule has 164 valence electrons. The van der Waals surface area contributed by atoms with Crippen LogP contribution in [0.3, 0.4) is 0 Å². The molecule has 1 N–H and O–H groups in total. The average Bonchev–Trinajstić information content (AvgIpc) is 3.11. The number of amides is 1. The molecule has 2 rings (SSSR count). The van der Waals surface area contributed by atoms with E-state index in [1.165, 1.54) is 6.92 Å². The summed E-state index contributed by atoms with van der Waals surface area (Å²) in [6.07, 6.45) is -4.86. The van der Waals surface area contributed by atoms with Gasteiger partial charge in [0, 0.05) is 7.05 Å². The van der Waals surface area contributed by atoms with Gasteiger partial charge in [0.15, 0.2) is 5.69 Å². The first-order chi connectivity index (χ1) is 13.9. The zero-order chi connectivity index (χ0) is 22.8. The van der Waals surface area contributed by atoms with E-state index in [0.29, 0.717) is 4.68 Å². The molecule has 13 heteroatoms. The highest BCUT2D eigenvalue weighted by molar-refractivity contribution is 7.18. The van der Waals surface area contributed by atoms with Crippen molar-refractivity contribution in [3.05, 3.63) is 32.4 Å². The van der Waals surface area contributed by atoms with E-state index in [-0.39, 0.29) is 34.2 Å². The molecule has 0 saturated carbocycles. The summed E-state index contributed by atoms with van der Waals surface area (Å²) >= 11 is 6.46. The van der Waals surface area contributed by atoms with Crippen molar-refractivity contribution in [1.29, 1.82) is 0 Å². The Morgan fingerprint density at radius 2 is 1.73 bits per heavy atom. The van der Waals surface area contributed by atoms with Gasteiger partial charge in [0.2, 0.25) is 0 Å². The number of nitrogens with zero attached hydrogens (tertiary/aromatic N) is 2. The molecule has 0 bridgehead atoms. The Balaban J connectivity index is 2.51. The van der Waals surface area contributed by atoms with Crippen LogP contribution in [0, 0.1) is 6.92 Å². The van der Waals surface area contributed by atoms with Crippen LogP contribution in [0.5, 0.6) is 0 Å². The third-order valence-electron chi connectivity index (χ3n) is 3.79. The van der Waals surface area contributed by atoms with Crippen molar-refractivity contribution < 1.29 is 37.0 Å². The molecule has 0 spiro atoms. The minimum atomic E-state index is -4.86. The molecule has 0 atom stereocenters. The summed E-state index contributed by atoms with van der Waals surface area (Å²) in [5, 5.41) is 4.59. The summed E-state index contributed by atoms with van der Waals surface area (Å²) in [6, 6.07) is 0. The van der Waals surface area contributed by atoms with E-state index >= 15 is 0 Å². The van der Waals surface area contributed by atoms with Crippen LogP contribution in [0.1, 0.15) is 55.6 Å². The number of anilines is 1. The van der Waals surface area contributed by atoms with Crippen LogP contribution in [0.2, 0.25) is 5.02 Å². The normalized spacial score (nSPS) is 11.3. The maximum absolute atomic E-state index is 13.0. The van der Waals surface area contributed by atoms with Crippen LogP contribution in [0.4, 0.5) is 18.2 Å². The summed E-state index contributed by atoms with van der Waals surface area (Å²) in [6.45, 7) is 4.73. The van der Waals surface area contributed by atoms with Gasteiger partial charge in [-0.25, -0.2) is 9.59 Å². The van der Waals surface area contributed by atoms with Gasteiger partial charge in [-0.05, 0) is 26.3 Å². The fourth-order valence-electron chi connectivity index (χ4n) is 2.53. The monoisotopic (exact) mass is 467 g/mol. The molecular weight excluding hydrogens is 451 g/mol. The number of thiophene rings is 1. The predicted molar refractivity (Wildman–Crippen MR) is 102 cm³/mol. The quantitative estimate of drug-likeness (QED) is 0.643. The molecule has 0 aliphatic carbocycles. The zero-order valence-corrected chi connectivity index (χ0v) is 17.8. The predicted octanol–water partition coefficient (Wildman–Crippen LogP) is 4.07. The fourth-order valence-corrected chi connectivity index (χ4v) is 3.97. The lowest BCUT2D eigenvalue weighted by atomic mass is 10.1. The Kier molecular flexibility index (Phi) is 7.14. The molecule has 2 aromatic rings. The van der Waals surface area contributed by atoms with E-state index in [2.05, 4.69) is 10.4 Å². The van der Waals surface area contributed by atoms with Gasteiger partial charge in [0.05, 0.1) is 18.8 Å². The van der Waals surface area contributed by atoms with E-state index in [0.717, 1.165) is 18.4 Å². The fraction of sp³-hybridized carbons (Fsp3) is 0.412. The molecular formula is C17H17ClF3N3O5S. The highest BCUT2D eigenvalue weighted by Crippen LogP contribution is 2.37. The lowest BCUT2D eigenvalue weighted by molar-refractivity contribution is -0.141. The zero-order valence-electron chi connectivity index (χ0n) is 16.3. The Labute approximate surface area is 177 Å². The number of hydrogen-bond acceptors (Lipinski definition) is 7. The molecule has 2 aromatic heterocycles. The van der Waals surface area contributed by atoms with Gasteiger partial charge in [-0.3, -0.25) is 9.48 Å². The minimum absolute atomic E-state index is 0.0265. The number of carbonyl (C=O) groups excluding carboxylic acids is 3. The number of alkyl halides is 3. The van der Waals surface area contributed by atoms with Gasteiger partial charge in [-0.2, -0.15) is 18.3 Å². The van der Waals surface area contributed by atoms with Crippen molar-refractivity contribution in [3.8, 4) is 0 Å². The second kappa shape index (κ2) is 9.04. The van der Waals surface area contributed by atoms with Gasteiger partial charge in [0.1, 0.15) is 20.6 Å². The standard InChI is InChI=1S/C17H17ClF3N3O5S/c1-5-28-15(26)8-7(3)11(16(27)29-6-2)30-14(8)22-13(25)10-9(18)12(17(19,20)21)23-24(10)4/h5-6H2,1-4H3,(H,22,25). The number of halogens is 4. The largest absolute Gasteiger partial charge is 0.462 e. The third kappa shape index (κ3) is 4.59. The number of rotatable bonds is 6. The lowest BCUT2D eigenvalue weighted by Crippen LogP contribution is -2.18. The molecule has 0 aliphatic heterocycles. The van der Waals surface area contributed by atoms with Gasteiger partial charge in [-0.1, -0.05) is 11.6 Å². The smallest absolute Gasteiger partial charge is 0.436 e. The summed E-state index contributed by atoms with van der Waals surface area (Å²) in [7, 11) is 1.12. The van der Waals surface area contributed by atoms with Crippen LogP contribution >= 0.6 is 22.9 Å². The molecule has 2 heterocycles. The molecule has 0 unspecified atom stereocenters. The maximum atomic E-state index is 13.0. The second-order valence-electron chi connectivity index (χ2n) is 5.79. The number of carbonyl (C=O) groups is 3. The van der Waals surface area contributed by atoms with Crippen molar-refractivity contribution in [1.82, 2.24) is 9.78 Å². The Hall–Kier alpha value is -2.60. The van der Waals surface area contributed by atoms with E-state index in [1.807, 2.05) is 0 Å². The Morgan fingerprint density at radius 3 is 2.23 bits per heavy atom. The van der Waals surface area contributed by atoms with Gasteiger partial charge in [-0.15, -0.1) is 11.3 Å². The third-order valence-corrected chi connectivity index (χ3v) is 5.33. The Morgan fingerprint density at radius 1 is 1.17 bits per heavy atom. The van der Waals surface area contributed by atoms with Crippen LogP contribution in [-0.4, -0.2) is 40.8 Å². The number of hydrogen-bond donors (Lipinski definition) is 1. The van der Waals surface area contributed by atoms with Crippen LogP contribution < -0.4 is 5.32 Å². The molecule has 0 radical (unpaired) electrons. The summed E-state index contributed by atoms with van der Waals surface area (Å²) in [4.78, 5) is 37.2. The average molecular weight is 468 g/mol. The number of aryl methyl sites for hydroxylation is 1. The van der Waals surface area contributed by atoms with E-state index in [9.17, 15) is 27.6 Å². The Bertz CT molecular complexity index is 1000. The van der Waals surface area contributed by atoms with E-state index in [4.69, 9.17) is 21.1 Å². The first-order valence-corrected chi connectivity index (χ1v) is 9.72. The summed E-state index contributed by atoms with van der Waals surface area (Å²) in [5.74, 6) is -2.58. The highest BCUT2D eigenvalue weighted by atomic mass is 35.5. The molecule has 30 heavy (non-hydrogen) atoms. The van der Waals surface area contributed by atoms with Gasteiger partial charge < -0.3 is 14.8 Å². The first-order valence-electron chi connectivity index (χ1n) is 8.52. The number of esters is 2. The molecule has 0 aromatic carbocycles. The van der Waals surface area contributed by atoms with Crippen molar-refractivity contribution in [2.75, 3.05) is 18.5 Å². The van der Waals surface area contributed by atoms with Crippen molar-refractivity contribution in [3.63, 3.8) is 0 Å².